The number of allylic oxidation sites excluding steroid dienone is 1. The van der Waals surface area contributed by atoms with Crippen molar-refractivity contribution in [3.63, 3.8) is 0 Å². The van der Waals surface area contributed by atoms with Gasteiger partial charge in [0.05, 0.1) is 27.7 Å². The van der Waals surface area contributed by atoms with E-state index in [1.807, 2.05) is 0 Å². The number of nitrogens with zero attached hydrogens (tertiary/aromatic N) is 1. The van der Waals surface area contributed by atoms with Gasteiger partial charge in [0.15, 0.2) is 5.78 Å². The van der Waals surface area contributed by atoms with Gasteiger partial charge in [0, 0.05) is 32.0 Å². The first-order valence-electron chi connectivity index (χ1n) is 7.54. The Kier molecular flexibility index (Phi) is 4.69. The first-order chi connectivity index (χ1) is 11.0. The number of carbonyl (C=O) groups excluding carboxylic acids is 2. The van der Waals surface area contributed by atoms with Crippen LogP contribution in [0.2, 0.25) is 5.02 Å². The molecule has 1 aromatic carbocycles. The Hall–Kier alpha value is -1.46. The van der Waals surface area contributed by atoms with Crippen LogP contribution in [0.15, 0.2) is 28.8 Å². The third kappa shape index (κ3) is 3.40. The highest BCUT2D eigenvalue weighted by Crippen LogP contribution is 2.42. The minimum Gasteiger partial charge on any atom is -0.491 e. The van der Waals surface area contributed by atoms with Crippen molar-refractivity contribution in [2.75, 3.05) is 26.5 Å². The van der Waals surface area contributed by atoms with Crippen molar-refractivity contribution in [3.05, 3.63) is 34.5 Å². The molecule has 1 aliphatic carbocycles. The summed E-state index contributed by atoms with van der Waals surface area (Å²) in [5, 5.41) is 0.577. The van der Waals surface area contributed by atoms with Crippen LogP contribution in [-0.2, 0) is 4.79 Å². The van der Waals surface area contributed by atoms with Crippen LogP contribution in [0.4, 0.5) is 0 Å². The summed E-state index contributed by atoms with van der Waals surface area (Å²) in [7, 11) is 3.61. The normalized spacial score (nSPS) is 17.3. The van der Waals surface area contributed by atoms with E-state index in [2.05, 4.69) is 0 Å². The summed E-state index contributed by atoms with van der Waals surface area (Å²) in [5.41, 5.74) is 0.639. The van der Waals surface area contributed by atoms with Crippen molar-refractivity contribution < 1.29 is 14.3 Å². The molecule has 23 heavy (non-hydrogen) atoms. The standard InChI is InChI=1S/C17H18ClNO3S/c1-19(2)9-12(14(20)10-3-4-10)15(21)11-5-6-13(18)17-16(11)22-7-8-23-17/h5-6,9-10H,3-4,7-8H2,1-2H3. The number of benzene rings is 1. The molecule has 1 fully saturated rings. The predicted molar refractivity (Wildman–Crippen MR) is 91.5 cm³/mol. The van der Waals surface area contributed by atoms with Crippen LogP contribution >= 0.6 is 23.4 Å². The number of halogens is 1. The van der Waals surface area contributed by atoms with Crippen molar-refractivity contribution in [1.82, 2.24) is 4.90 Å². The van der Waals surface area contributed by atoms with Gasteiger partial charge in [-0.05, 0) is 25.0 Å². The average Bonchev–Trinajstić information content (AvgIpc) is 3.37. The first kappa shape index (κ1) is 16.4. The molecule has 0 aromatic heterocycles. The Morgan fingerprint density at radius 2 is 2.09 bits per heavy atom. The fourth-order valence-electron chi connectivity index (χ4n) is 2.49. The summed E-state index contributed by atoms with van der Waals surface area (Å²) in [4.78, 5) is 28.0. The van der Waals surface area contributed by atoms with E-state index in [9.17, 15) is 9.59 Å². The molecular weight excluding hydrogens is 334 g/mol. The molecule has 6 heteroatoms. The minimum atomic E-state index is -0.286. The Labute approximate surface area is 144 Å². The zero-order chi connectivity index (χ0) is 16.6. The van der Waals surface area contributed by atoms with Crippen molar-refractivity contribution in [3.8, 4) is 5.75 Å². The van der Waals surface area contributed by atoms with Gasteiger partial charge in [0.2, 0.25) is 5.78 Å². The molecule has 0 spiro atoms. The topological polar surface area (TPSA) is 46.6 Å². The number of fused-ring (bicyclic) bond motifs is 1. The third-order valence-electron chi connectivity index (χ3n) is 3.73. The van der Waals surface area contributed by atoms with E-state index in [1.54, 1.807) is 49.1 Å². The molecule has 0 unspecified atom stereocenters. The highest BCUT2D eigenvalue weighted by atomic mass is 35.5. The van der Waals surface area contributed by atoms with Crippen LogP contribution in [-0.4, -0.2) is 42.9 Å². The van der Waals surface area contributed by atoms with Gasteiger partial charge in [-0.2, -0.15) is 0 Å². The molecule has 0 N–H and O–H groups in total. The molecule has 1 aliphatic heterocycles. The predicted octanol–water partition coefficient (Wildman–Crippen LogP) is 3.43. The number of hydrogen-bond acceptors (Lipinski definition) is 5. The second-order valence-corrected chi connectivity index (χ2v) is 7.44. The number of rotatable bonds is 5. The number of Topliss-reactive ketones (excluding diaryl/α,β-unsaturated/α-hetero) is 2. The van der Waals surface area contributed by atoms with Crippen LogP contribution in [0, 0.1) is 5.92 Å². The SMILES string of the molecule is CN(C)C=C(C(=O)c1ccc(Cl)c2c1OCCS2)C(=O)C1CC1. The third-order valence-corrected chi connectivity index (χ3v) is 5.22. The Balaban J connectivity index is 2.02. The van der Waals surface area contributed by atoms with Gasteiger partial charge in [-0.3, -0.25) is 9.59 Å². The monoisotopic (exact) mass is 351 g/mol. The van der Waals surface area contributed by atoms with Gasteiger partial charge in [0.25, 0.3) is 0 Å². The minimum absolute atomic E-state index is 0.0106. The number of thioether (sulfide) groups is 1. The van der Waals surface area contributed by atoms with Crippen LogP contribution in [0.1, 0.15) is 23.2 Å². The molecule has 1 aromatic rings. The largest absolute Gasteiger partial charge is 0.491 e. The maximum Gasteiger partial charge on any atom is 0.201 e. The molecule has 1 heterocycles. The first-order valence-corrected chi connectivity index (χ1v) is 8.90. The highest BCUT2D eigenvalue weighted by molar-refractivity contribution is 7.99. The molecule has 0 amide bonds. The molecular formula is C17H18ClNO3S. The smallest absolute Gasteiger partial charge is 0.201 e. The quantitative estimate of drug-likeness (QED) is 0.352. The molecule has 4 nitrogen and oxygen atoms in total. The van der Waals surface area contributed by atoms with E-state index in [4.69, 9.17) is 16.3 Å². The van der Waals surface area contributed by atoms with E-state index in [1.165, 1.54) is 0 Å². The van der Waals surface area contributed by atoms with Crippen molar-refractivity contribution in [2.24, 2.45) is 5.92 Å². The lowest BCUT2D eigenvalue weighted by molar-refractivity contribution is -0.116. The van der Waals surface area contributed by atoms with E-state index in [0.717, 1.165) is 23.5 Å². The molecule has 0 atom stereocenters. The number of hydrogen-bond donors (Lipinski definition) is 0. The number of ether oxygens (including phenoxy) is 1. The lowest BCUT2D eigenvalue weighted by Crippen LogP contribution is -2.20. The van der Waals surface area contributed by atoms with Gasteiger partial charge >= 0.3 is 0 Å². The summed E-state index contributed by atoms with van der Waals surface area (Å²) in [5.74, 6) is 0.934. The molecule has 0 radical (unpaired) electrons. The van der Waals surface area contributed by atoms with E-state index >= 15 is 0 Å². The maximum atomic E-state index is 13.0. The number of ketones is 2. The van der Waals surface area contributed by atoms with E-state index in [0.29, 0.717) is 22.9 Å². The second-order valence-electron chi connectivity index (χ2n) is 5.92. The molecule has 1 saturated carbocycles. The van der Waals surface area contributed by atoms with Crippen molar-refractivity contribution in [1.29, 1.82) is 0 Å². The summed E-state index contributed by atoms with van der Waals surface area (Å²) < 4.78 is 5.69. The lowest BCUT2D eigenvalue weighted by atomic mass is 9.97. The van der Waals surface area contributed by atoms with Crippen LogP contribution in [0.5, 0.6) is 5.75 Å². The van der Waals surface area contributed by atoms with Gasteiger partial charge in [-0.1, -0.05) is 11.6 Å². The molecule has 0 saturated heterocycles. The zero-order valence-electron chi connectivity index (χ0n) is 13.1. The summed E-state index contributed by atoms with van der Waals surface area (Å²) in [6.45, 7) is 0.529. The van der Waals surface area contributed by atoms with E-state index in [-0.39, 0.29) is 23.1 Å². The Bertz CT molecular complexity index is 695. The zero-order valence-corrected chi connectivity index (χ0v) is 14.7. The Morgan fingerprint density at radius 1 is 1.35 bits per heavy atom. The molecule has 0 bridgehead atoms. The highest BCUT2D eigenvalue weighted by Gasteiger charge is 2.36. The molecule has 122 valence electrons. The van der Waals surface area contributed by atoms with Crippen LogP contribution < -0.4 is 4.74 Å². The average molecular weight is 352 g/mol. The summed E-state index contributed by atoms with van der Waals surface area (Å²) in [6.07, 6.45) is 3.34. The van der Waals surface area contributed by atoms with Gasteiger partial charge in [-0.25, -0.2) is 0 Å². The van der Waals surface area contributed by atoms with Crippen molar-refractivity contribution in [2.45, 2.75) is 17.7 Å². The fraction of sp³-hybridized carbons (Fsp3) is 0.412. The second kappa shape index (κ2) is 6.57. The van der Waals surface area contributed by atoms with E-state index < -0.39 is 0 Å². The lowest BCUT2D eigenvalue weighted by Gasteiger charge is -2.21. The van der Waals surface area contributed by atoms with Crippen LogP contribution in [0.25, 0.3) is 0 Å². The maximum absolute atomic E-state index is 13.0. The summed E-state index contributed by atoms with van der Waals surface area (Å²) >= 11 is 7.78. The summed E-state index contributed by atoms with van der Waals surface area (Å²) in [6, 6.07) is 3.35. The van der Waals surface area contributed by atoms with Gasteiger partial charge in [0.1, 0.15) is 5.75 Å². The van der Waals surface area contributed by atoms with Gasteiger partial charge < -0.3 is 9.64 Å². The molecule has 2 aliphatic rings. The van der Waals surface area contributed by atoms with Crippen molar-refractivity contribution >= 4 is 34.9 Å². The van der Waals surface area contributed by atoms with Gasteiger partial charge in [-0.15, -0.1) is 11.8 Å². The Morgan fingerprint density at radius 3 is 2.74 bits per heavy atom. The fourth-order valence-corrected chi connectivity index (χ4v) is 3.67. The van der Waals surface area contributed by atoms with Crippen LogP contribution in [0.3, 0.4) is 0 Å². The number of carbonyl (C=O) groups is 2. The molecule has 3 rings (SSSR count).